The third kappa shape index (κ3) is 8.46. The van der Waals surface area contributed by atoms with E-state index in [4.69, 9.17) is 4.74 Å². The molecule has 0 radical (unpaired) electrons. The summed E-state index contributed by atoms with van der Waals surface area (Å²) in [5.74, 6) is -0.936. The number of nitrogens with one attached hydrogen (secondary N) is 2. The van der Waals surface area contributed by atoms with Crippen molar-refractivity contribution in [2.45, 2.75) is 85.0 Å². The van der Waals surface area contributed by atoms with Gasteiger partial charge in [0.05, 0.1) is 0 Å². The number of amides is 3. The van der Waals surface area contributed by atoms with Crippen LogP contribution in [-0.2, 0) is 14.3 Å². The molecule has 0 aliphatic rings. The van der Waals surface area contributed by atoms with Gasteiger partial charge in [0, 0.05) is 23.9 Å². The van der Waals surface area contributed by atoms with Gasteiger partial charge in [0.25, 0.3) is 0 Å². The highest BCUT2D eigenvalue weighted by Crippen LogP contribution is 2.32. The summed E-state index contributed by atoms with van der Waals surface area (Å²) >= 11 is 4.23. The van der Waals surface area contributed by atoms with Gasteiger partial charge in [-0.3, -0.25) is 9.59 Å². The lowest BCUT2D eigenvalue weighted by atomic mass is 9.99. The van der Waals surface area contributed by atoms with Crippen LogP contribution in [0.2, 0.25) is 0 Å². The molecule has 3 unspecified atom stereocenters. The molecular formula is C24H39N3O5S. The van der Waals surface area contributed by atoms with Crippen molar-refractivity contribution in [3.05, 3.63) is 29.3 Å². The van der Waals surface area contributed by atoms with Crippen molar-refractivity contribution < 1.29 is 24.2 Å². The van der Waals surface area contributed by atoms with Crippen molar-refractivity contribution in [1.82, 2.24) is 15.5 Å². The maximum Gasteiger partial charge on any atom is 0.408 e. The van der Waals surface area contributed by atoms with Crippen LogP contribution < -0.4 is 10.6 Å². The minimum Gasteiger partial charge on any atom is -0.507 e. The molecule has 0 spiro atoms. The van der Waals surface area contributed by atoms with Crippen LogP contribution in [0, 0.1) is 6.92 Å². The Labute approximate surface area is 202 Å². The van der Waals surface area contributed by atoms with E-state index in [1.54, 1.807) is 52.8 Å². The van der Waals surface area contributed by atoms with Gasteiger partial charge in [0.2, 0.25) is 11.8 Å². The number of hydrogen-bond donors (Lipinski definition) is 4. The Balaban J connectivity index is 3.34. The van der Waals surface area contributed by atoms with Crippen molar-refractivity contribution in [3.63, 3.8) is 0 Å². The molecule has 1 aromatic rings. The summed E-state index contributed by atoms with van der Waals surface area (Å²) in [6.07, 6.45) is 0.916. The number of carbonyl (C=O) groups is 3. The van der Waals surface area contributed by atoms with Crippen molar-refractivity contribution >= 4 is 30.5 Å². The molecule has 186 valence electrons. The smallest absolute Gasteiger partial charge is 0.408 e. The molecule has 9 heteroatoms. The molecule has 0 heterocycles. The average molecular weight is 482 g/mol. The number of phenolic OH excluding ortho intramolecular Hbond substituents is 1. The molecule has 3 amide bonds. The van der Waals surface area contributed by atoms with Crippen molar-refractivity contribution in [2.24, 2.45) is 0 Å². The van der Waals surface area contributed by atoms with Gasteiger partial charge in [-0.1, -0.05) is 31.5 Å². The van der Waals surface area contributed by atoms with E-state index in [0.29, 0.717) is 11.1 Å². The molecule has 0 aromatic heterocycles. The largest absolute Gasteiger partial charge is 0.507 e. The summed E-state index contributed by atoms with van der Waals surface area (Å²) < 4.78 is 5.27. The van der Waals surface area contributed by atoms with E-state index in [-0.39, 0.29) is 24.1 Å². The van der Waals surface area contributed by atoms with Crippen molar-refractivity contribution in [1.29, 1.82) is 0 Å². The molecule has 0 aliphatic heterocycles. The number of nitrogens with zero attached hydrogens (tertiary/aromatic N) is 1. The quantitative estimate of drug-likeness (QED) is 0.381. The number of carbonyl (C=O) groups excluding carboxylic acids is 3. The molecule has 0 saturated carbocycles. The lowest BCUT2D eigenvalue weighted by molar-refractivity contribution is -0.142. The Bertz CT molecular complexity index is 825. The maximum absolute atomic E-state index is 13.5. The second kappa shape index (κ2) is 12.7. The number of alkyl carbamates (subject to hydrolysis) is 1. The lowest BCUT2D eigenvalue weighted by Gasteiger charge is -2.34. The summed E-state index contributed by atoms with van der Waals surface area (Å²) in [7, 11) is 0. The number of aryl methyl sites for hydroxylation is 1. The summed E-state index contributed by atoms with van der Waals surface area (Å²) in [6.45, 7) is 12.7. The minimum absolute atomic E-state index is 0.00888. The summed E-state index contributed by atoms with van der Waals surface area (Å²) in [5.41, 5.74) is 0.179. The fourth-order valence-electron chi connectivity index (χ4n) is 3.48. The van der Waals surface area contributed by atoms with Crippen LogP contribution >= 0.6 is 12.6 Å². The van der Waals surface area contributed by atoms with Gasteiger partial charge in [-0.2, -0.15) is 12.6 Å². The first-order valence-corrected chi connectivity index (χ1v) is 12.0. The van der Waals surface area contributed by atoms with E-state index < -0.39 is 35.6 Å². The van der Waals surface area contributed by atoms with Crippen molar-refractivity contribution in [3.8, 4) is 5.75 Å². The fraction of sp³-hybridized carbons (Fsp3) is 0.625. The van der Waals surface area contributed by atoms with E-state index in [1.807, 2.05) is 13.8 Å². The predicted octanol–water partition coefficient (Wildman–Crippen LogP) is 3.72. The molecule has 0 fully saturated rings. The Morgan fingerprint density at radius 2 is 1.82 bits per heavy atom. The van der Waals surface area contributed by atoms with Crippen LogP contribution in [-0.4, -0.2) is 57.9 Å². The number of hydrogen-bond acceptors (Lipinski definition) is 6. The Morgan fingerprint density at radius 1 is 1.18 bits per heavy atom. The number of thiol groups is 1. The van der Waals surface area contributed by atoms with Crippen LogP contribution in [0.25, 0.3) is 0 Å². The zero-order valence-electron chi connectivity index (χ0n) is 20.8. The first-order chi connectivity index (χ1) is 15.4. The predicted molar refractivity (Wildman–Crippen MR) is 132 cm³/mol. The van der Waals surface area contributed by atoms with Gasteiger partial charge < -0.3 is 25.4 Å². The molecule has 1 aromatic carbocycles. The molecule has 3 atom stereocenters. The highest BCUT2D eigenvalue weighted by molar-refractivity contribution is 7.80. The van der Waals surface area contributed by atoms with Gasteiger partial charge in [0.15, 0.2) is 0 Å². The van der Waals surface area contributed by atoms with E-state index in [2.05, 4.69) is 23.3 Å². The zero-order chi connectivity index (χ0) is 25.3. The highest BCUT2D eigenvalue weighted by atomic mass is 32.1. The molecule has 1 rings (SSSR count). The summed E-state index contributed by atoms with van der Waals surface area (Å²) in [6, 6.07) is 2.89. The van der Waals surface area contributed by atoms with Crippen LogP contribution in [0.5, 0.6) is 5.75 Å². The third-order valence-corrected chi connectivity index (χ3v) is 5.39. The van der Waals surface area contributed by atoms with Gasteiger partial charge in [-0.05, 0) is 53.5 Å². The van der Waals surface area contributed by atoms with E-state index in [1.165, 1.54) is 4.90 Å². The molecule has 3 N–H and O–H groups in total. The number of ether oxygens (including phenoxy) is 1. The van der Waals surface area contributed by atoms with E-state index in [9.17, 15) is 19.5 Å². The van der Waals surface area contributed by atoms with Gasteiger partial charge in [-0.25, -0.2) is 4.79 Å². The normalized spacial score (nSPS) is 14.1. The van der Waals surface area contributed by atoms with Crippen LogP contribution in [0.3, 0.4) is 0 Å². The molecule has 0 aliphatic carbocycles. The summed E-state index contributed by atoms with van der Waals surface area (Å²) in [4.78, 5) is 40.5. The highest BCUT2D eigenvalue weighted by Gasteiger charge is 2.36. The Hall–Kier alpha value is -2.42. The van der Waals surface area contributed by atoms with Crippen LogP contribution in [0.1, 0.15) is 71.6 Å². The molecular weight excluding hydrogens is 442 g/mol. The second-order valence-electron chi connectivity index (χ2n) is 9.12. The standard InChI is InChI=1S/C24H39N3O5S/c1-8-11-16(4)25-21(29)19(17-13-10-12-15(3)20(17)28)27(9-2)22(30)18(14-33)26-23(31)32-24(5,6)7/h10,12-13,16,18-19,28,33H,8-9,11,14H2,1-7H3,(H,25,29)(H,26,31). The Morgan fingerprint density at radius 3 is 2.33 bits per heavy atom. The van der Waals surface area contributed by atoms with Gasteiger partial charge >= 0.3 is 6.09 Å². The minimum atomic E-state index is -1.08. The van der Waals surface area contributed by atoms with E-state index in [0.717, 1.165) is 12.8 Å². The second-order valence-corrected chi connectivity index (χ2v) is 9.48. The fourth-order valence-corrected chi connectivity index (χ4v) is 3.73. The van der Waals surface area contributed by atoms with Gasteiger partial charge in [-0.15, -0.1) is 0 Å². The molecule has 0 saturated heterocycles. The van der Waals surface area contributed by atoms with Gasteiger partial charge in [0.1, 0.15) is 23.4 Å². The number of benzene rings is 1. The van der Waals surface area contributed by atoms with Crippen molar-refractivity contribution in [2.75, 3.05) is 12.3 Å². The Kier molecular flexibility index (Phi) is 11.0. The first-order valence-electron chi connectivity index (χ1n) is 11.4. The number of likely N-dealkylation sites (N-methyl/N-ethyl adjacent to an activating group) is 1. The molecule has 0 bridgehead atoms. The monoisotopic (exact) mass is 481 g/mol. The molecule has 8 nitrogen and oxygen atoms in total. The zero-order valence-corrected chi connectivity index (χ0v) is 21.7. The maximum atomic E-state index is 13.5. The topological polar surface area (TPSA) is 108 Å². The first kappa shape index (κ1) is 28.6. The summed E-state index contributed by atoms with van der Waals surface area (Å²) in [5, 5.41) is 16.2. The molecule has 33 heavy (non-hydrogen) atoms. The van der Waals surface area contributed by atoms with E-state index >= 15 is 0 Å². The SMILES string of the molecule is CCCC(C)NC(=O)C(c1cccc(C)c1O)N(CC)C(=O)C(CS)NC(=O)OC(C)(C)C. The number of aromatic hydroxyl groups is 1. The number of rotatable bonds is 10. The number of para-hydroxylation sites is 1. The third-order valence-electron chi connectivity index (χ3n) is 5.03. The van der Waals surface area contributed by atoms with Crippen LogP contribution in [0.4, 0.5) is 4.79 Å². The number of phenols is 1. The lowest BCUT2D eigenvalue weighted by Crippen LogP contribution is -2.54. The van der Waals surface area contributed by atoms with Crippen LogP contribution in [0.15, 0.2) is 18.2 Å². The average Bonchev–Trinajstić information content (AvgIpc) is 2.70.